The minimum Gasteiger partial charge on any atom is -0.493 e. The summed E-state index contributed by atoms with van der Waals surface area (Å²) in [5.41, 5.74) is 6.58. The second-order valence-corrected chi connectivity index (χ2v) is 9.20. The molecule has 0 radical (unpaired) electrons. The summed E-state index contributed by atoms with van der Waals surface area (Å²) in [4.78, 5) is 11.2. The minimum absolute atomic E-state index is 0.0734. The Hall–Kier alpha value is -3.53. The molecule has 0 bridgehead atoms. The van der Waals surface area contributed by atoms with Gasteiger partial charge in [0.25, 0.3) is 0 Å². The van der Waals surface area contributed by atoms with Crippen molar-refractivity contribution in [2.24, 2.45) is 0 Å². The molecule has 0 aliphatic heterocycles. The molecule has 0 saturated heterocycles. The maximum absolute atomic E-state index is 11.2. The fourth-order valence-corrected chi connectivity index (χ4v) is 3.94. The van der Waals surface area contributed by atoms with E-state index in [0.717, 1.165) is 58.8 Å². The molecule has 1 atom stereocenters. The Morgan fingerprint density at radius 2 is 1.69 bits per heavy atom. The highest BCUT2D eigenvalue weighted by Crippen LogP contribution is 2.32. The highest BCUT2D eigenvalue weighted by Gasteiger charge is 2.13. The lowest BCUT2D eigenvalue weighted by molar-refractivity contribution is -0.137. The number of ether oxygens (including phenoxy) is 2. The minimum atomic E-state index is -0.804. The van der Waals surface area contributed by atoms with Crippen LogP contribution in [0.25, 0.3) is 11.1 Å². The summed E-state index contributed by atoms with van der Waals surface area (Å²) < 4.78 is 12.0. The fourth-order valence-electron chi connectivity index (χ4n) is 3.94. The van der Waals surface area contributed by atoms with E-state index in [1.807, 2.05) is 44.2 Å². The number of carboxylic acids is 1. The predicted molar refractivity (Wildman–Crippen MR) is 142 cm³/mol. The third-order valence-corrected chi connectivity index (χ3v) is 5.80. The van der Waals surface area contributed by atoms with Gasteiger partial charge in [0.15, 0.2) is 0 Å². The molecule has 0 aliphatic carbocycles. The maximum atomic E-state index is 11.2. The van der Waals surface area contributed by atoms with Gasteiger partial charge in [-0.15, -0.1) is 0 Å². The Bertz CT molecular complexity index is 1120. The molecule has 184 valence electrons. The van der Waals surface area contributed by atoms with Crippen LogP contribution in [0, 0.1) is 6.92 Å². The largest absolute Gasteiger partial charge is 0.493 e. The molecule has 1 N–H and O–H groups in total. The van der Waals surface area contributed by atoms with Crippen LogP contribution >= 0.6 is 0 Å². The Kier molecular flexibility index (Phi) is 9.54. The van der Waals surface area contributed by atoms with Crippen molar-refractivity contribution in [2.45, 2.75) is 59.5 Å². The maximum Gasteiger partial charge on any atom is 0.304 e. The Labute approximate surface area is 209 Å². The van der Waals surface area contributed by atoms with Crippen molar-refractivity contribution in [3.05, 3.63) is 95.1 Å². The average molecular weight is 473 g/mol. The van der Waals surface area contributed by atoms with Gasteiger partial charge in [0.2, 0.25) is 0 Å². The SMILES string of the molecule is CCCCOc1ccc(C)cc1-c1ccc(COc2ccc([C@@H](C=C(C)C)CC(=O)O)cc2)cc1. The lowest BCUT2D eigenvalue weighted by Gasteiger charge is -2.14. The second kappa shape index (κ2) is 12.8. The van der Waals surface area contributed by atoms with Crippen LogP contribution in [-0.4, -0.2) is 17.7 Å². The molecule has 4 heteroatoms. The second-order valence-electron chi connectivity index (χ2n) is 9.20. The average Bonchev–Trinajstić information content (AvgIpc) is 2.83. The van der Waals surface area contributed by atoms with E-state index in [1.54, 1.807) is 0 Å². The highest BCUT2D eigenvalue weighted by atomic mass is 16.5. The van der Waals surface area contributed by atoms with Gasteiger partial charge in [0.1, 0.15) is 18.1 Å². The van der Waals surface area contributed by atoms with Crippen molar-refractivity contribution in [2.75, 3.05) is 6.61 Å². The third kappa shape index (κ3) is 8.03. The Morgan fingerprint density at radius 1 is 0.971 bits per heavy atom. The lowest BCUT2D eigenvalue weighted by atomic mass is 9.94. The molecule has 0 unspecified atom stereocenters. The van der Waals surface area contributed by atoms with E-state index in [4.69, 9.17) is 9.47 Å². The van der Waals surface area contributed by atoms with E-state index < -0.39 is 5.97 Å². The van der Waals surface area contributed by atoms with Crippen LogP contribution in [-0.2, 0) is 11.4 Å². The summed E-state index contributed by atoms with van der Waals surface area (Å²) in [5.74, 6) is 0.731. The standard InChI is InChI=1S/C31H36O4/c1-5-6-17-34-30-16-7-23(4)19-29(30)26-10-8-24(9-11-26)21-35-28-14-12-25(13-15-28)27(18-22(2)3)20-31(32)33/h7-16,18-19,27H,5-6,17,20-21H2,1-4H3,(H,32,33)/t27-/m0/s1. The molecular weight excluding hydrogens is 436 g/mol. The van der Waals surface area contributed by atoms with Crippen molar-refractivity contribution in [3.8, 4) is 22.6 Å². The van der Waals surface area contributed by atoms with Crippen LogP contribution in [0.3, 0.4) is 0 Å². The number of aryl methyl sites for hydroxylation is 1. The molecule has 35 heavy (non-hydrogen) atoms. The third-order valence-electron chi connectivity index (χ3n) is 5.80. The van der Waals surface area contributed by atoms with Crippen LogP contribution in [0.4, 0.5) is 0 Å². The Morgan fingerprint density at radius 3 is 2.31 bits per heavy atom. The van der Waals surface area contributed by atoms with E-state index in [0.29, 0.717) is 6.61 Å². The van der Waals surface area contributed by atoms with Crippen LogP contribution in [0.2, 0.25) is 0 Å². The first kappa shape index (κ1) is 26.1. The van der Waals surface area contributed by atoms with Crippen molar-refractivity contribution in [1.82, 2.24) is 0 Å². The summed E-state index contributed by atoms with van der Waals surface area (Å²) in [6, 6.07) is 22.4. The van der Waals surface area contributed by atoms with Gasteiger partial charge in [0.05, 0.1) is 13.0 Å². The van der Waals surface area contributed by atoms with E-state index in [9.17, 15) is 9.90 Å². The van der Waals surface area contributed by atoms with Gasteiger partial charge in [-0.25, -0.2) is 0 Å². The topological polar surface area (TPSA) is 55.8 Å². The number of allylic oxidation sites excluding steroid dienone is 2. The van der Waals surface area contributed by atoms with Crippen LogP contribution < -0.4 is 9.47 Å². The molecule has 4 nitrogen and oxygen atoms in total. The van der Waals surface area contributed by atoms with E-state index in [-0.39, 0.29) is 12.3 Å². The molecule has 0 heterocycles. The first-order chi connectivity index (χ1) is 16.9. The normalized spacial score (nSPS) is 11.5. The van der Waals surface area contributed by atoms with Crippen molar-refractivity contribution >= 4 is 5.97 Å². The zero-order valence-electron chi connectivity index (χ0n) is 21.2. The first-order valence-electron chi connectivity index (χ1n) is 12.3. The number of unbranched alkanes of at least 4 members (excludes halogenated alkanes) is 1. The van der Waals surface area contributed by atoms with E-state index in [2.05, 4.69) is 56.3 Å². The van der Waals surface area contributed by atoms with Gasteiger partial charge < -0.3 is 14.6 Å². The summed E-state index contributed by atoms with van der Waals surface area (Å²) in [7, 11) is 0. The smallest absolute Gasteiger partial charge is 0.304 e. The van der Waals surface area contributed by atoms with Crippen molar-refractivity contribution in [3.63, 3.8) is 0 Å². The number of rotatable bonds is 12. The molecule has 3 rings (SSSR count). The highest BCUT2D eigenvalue weighted by molar-refractivity contribution is 5.71. The van der Waals surface area contributed by atoms with Crippen molar-refractivity contribution in [1.29, 1.82) is 0 Å². The van der Waals surface area contributed by atoms with E-state index >= 15 is 0 Å². The summed E-state index contributed by atoms with van der Waals surface area (Å²) >= 11 is 0. The molecule has 0 aliphatic rings. The number of aliphatic carboxylic acids is 1. The quantitative estimate of drug-likeness (QED) is 0.215. The fraction of sp³-hybridized carbons (Fsp3) is 0.323. The Balaban J connectivity index is 1.65. The van der Waals surface area contributed by atoms with Crippen molar-refractivity contribution < 1.29 is 19.4 Å². The molecule has 0 saturated carbocycles. The van der Waals surface area contributed by atoms with Gasteiger partial charge in [-0.05, 0) is 68.1 Å². The van der Waals surface area contributed by atoms with Gasteiger partial charge in [-0.3, -0.25) is 4.79 Å². The zero-order chi connectivity index (χ0) is 25.2. The number of carbonyl (C=O) groups is 1. The van der Waals surface area contributed by atoms with Crippen LogP contribution in [0.1, 0.15) is 62.6 Å². The molecule has 3 aromatic carbocycles. The molecule has 0 fully saturated rings. The summed E-state index contributed by atoms with van der Waals surface area (Å²) in [5, 5.41) is 9.23. The lowest BCUT2D eigenvalue weighted by Crippen LogP contribution is -2.04. The van der Waals surface area contributed by atoms with Gasteiger partial charge in [-0.2, -0.15) is 0 Å². The van der Waals surface area contributed by atoms with Gasteiger partial charge in [0, 0.05) is 11.5 Å². The van der Waals surface area contributed by atoms with Crippen LogP contribution in [0.5, 0.6) is 11.5 Å². The predicted octanol–water partition coefficient (Wildman–Crippen LogP) is 7.94. The number of carboxylic acid groups (broad SMARTS) is 1. The molecule has 3 aromatic rings. The molecule has 0 spiro atoms. The summed E-state index contributed by atoms with van der Waals surface area (Å²) in [6.45, 7) is 9.40. The van der Waals surface area contributed by atoms with Crippen LogP contribution in [0.15, 0.2) is 78.4 Å². The van der Waals surface area contributed by atoms with Gasteiger partial charge >= 0.3 is 5.97 Å². The monoisotopic (exact) mass is 472 g/mol. The molecule has 0 aromatic heterocycles. The zero-order valence-corrected chi connectivity index (χ0v) is 21.2. The molecule has 0 amide bonds. The first-order valence-corrected chi connectivity index (χ1v) is 12.3. The van der Waals surface area contributed by atoms with E-state index in [1.165, 1.54) is 5.56 Å². The number of hydrogen-bond donors (Lipinski definition) is 1. The summed E-state index contributed by atoms with van der Waals surface area (Å²) in [6.07, 6.45) is 4.22. The molecular formula is C31H36O4. The number of benzene rings is 3. The van der Waals surface area contributed by atoms with Gasteiger partial charge in [-0.1, -0.05) is 73.0 Å². The number of hydrogen-bond acceptors (Lipinski definition) is 3.